The van der Waals surface area contributed by atoms with Gasteiger partial charge in [-0.05, 0) is 18.2 Å². The Balaban J connectivity index is 2.53. The van der Waals surface area contributed by atoms with Gasteiger partial charge in [0.2, 0.25) is 0 Å². The van der Waals surface area contributed by atoms with Crippen LogP contribution in [0.4, 0.5) is 23.4 Å². The van der Waals surface area contributed by atoms with Crippen molar-refractivity contribution in [1.82, 2.24) is 4.98 Å². The maximum atomic E-state index is 13.8. The molecule has 0 aliphatic carbocycles. The molecule has 0 bridgehead atoms. The van der Waals surface area contributed by atoms with E-state index in [4.69, 9.17) is 11.5 Å². The minimum atomic E-state index is -4.64. The number of hydrogen-bond acceptors (Lipinski definition) is 3. The van der Waals surface area contributed by atoms with Crippen LogP contribution >= 0.6 is 0 Å². The van der Waals surface area contributed by atoms with Gasteiger partial charge in [0, 0.05) is 17.3 Å². The van der Waals surface area contributed by atoms with Crippen molar-refractivity contribution in [3.8, 4) is 11.1 Å². The zero-order chi connectivity index (χ0) is 15.8. The maximum absolute atomic E-state index is 13.8. The summed E-state index contributed by atoms with van der Waals surface area (Å²) in [5.74, 6) is -2.10. The van der Waals surface area contributed by atoms with Crippen LogP contribution in [0.1, 0.15) is 15.9 Å². The lowest BCUT2D eigenvalue weighted by Crippen LogP contribution is -2.14. The molecular formula is C13H9F4N3O. The molecule has 8 heteroatoms. The van der Waals surface area contributed by atoms with Crippen molar-refractivity contribution in [2.45, 2.75) is 6.18 Å². The molecule has 0 spiro atoms. The average Bonchev–Trinajstić information content (AvgIpc) is 2.38. The predicted octanol–water partition coefficient (Wildman–Crippen LogP) is 2.59. The third kappa shape index (κ3) is 2.93. The summed E-state index contributed by atoms with van der Waals surface area (Å²) in [4.78, 5) is 14.8. The van der Waals surface area contributed by atoms with E-state index in [1.807, 2.05) is 0 Å². The van der Waals surface area contributed by atoms with Crippen LogP contribution in [0.2, 0.25) is 0 Å². The molecule has 0 atom stereocenters. The summed E-state index contributed by atoms with van der Waals surface area (Å²) in [6.07, 6.45) is -3.50. The fourth-order valence-corrected chi connectivity index (χ4v) is 1.75. The number of aromatic nitrogens is 1. The first kappa shape index (κ1) is 14.8. The van der Waals surface area contributed by atoms with Crippen LogP contribution in [0, 0.1) is 5.82 Å². The van der Waals surface area contributed by atoms with Gasteiger partial charge < -0.3 is 11.5 Å². The SMILES string of the molecule is NC(=O)c1cc(-c2ccc(C(F)(F)F)cc2F)cnc1N. The van der Waals surface area contributed by atoms with Crippen molar-refractivity contribution in [3.63, 3.8) is 0 Å². The summed E-state index contributed by atoms with van der Waals surface area (Å²) in [7, 11) is 0. The number of carbonyl (C=O) groups excluding carboxylic acids is 1. The highest BCUT2D eigenvalue weighted by molar-refractivity contribution is 5.98. The lowest BCUT2D eigenvalue weighted by atomic mass is 10.0. The number of alkyl halides is 3. The number of amides is 1. The molecular weight excluding hydrogens is 290 g/mol. The van der Waals surface area contributed by atoms with Crippen molar-refractivity contribution in [2.24, 2.45) is 5.73 Å². The fourth-order valence-electron chi connectivity index (χ4n) is 1.75. The van der Waals surface area contributed by atoms with E-state index in [1.54, 1.807) is 0 Å². The normalized spacial score (nSPS) is 11.4. The number of pyridine rings is 1. The highest BCUT2D eigenvalue weighted by Crippen LogP contribution is 2.33. The molecule has 0 saturated carbocycles. The summed E-state index contributed by atoms with van der Waals surface area (Å²) >= 11 is 0. The van der Waals surface area contributed by atoms with E-state index >= 15 is 0 Å². The van der Waals surface area contributed by atoms with Crippen molar-refractivity contribution >= 4 is 11.7 Å². The van der Waals surface area contributed by atoms with Crippen molar-refractivity contribution < 1.29 is 22.4 Å². The van der Waals surface area contributed by atoms with E-state index in [2.05, 4.69) is 4.98 Å². The molecule has 0 saturated heterocycles. The van der Waals surface area contributed by atoms with Crippen molar-refractivity contribution in [3.05, 3.63) is 47.4 Å². The Labute approximate surface area is 116 Å². The summed E-state index contributed by atoms with van der Waals surface area (Å²) in [6.45, 7) is 0. The van der Waals surface area contributed by atoms with Gasteiger partial charge in [-0.3, -0.25) is 4.79 Å². The second-order valence-electron chi connectivity index (χ2n) is 4.21. The standard InChI is InChI=1S/C13H9F4N3O/c14-10-4-7(13(15,16)17)1-2-8(10)6-3-9(12(19)21)11(18)20-5-6/h1-5H,(H2,18,20)(H2,19,21). The van der Waals surface area contributed by atoms with Gasteiger partial charge in [-0.25, -0.2) is 9.37 Å². The molecule has 21 heavy (non-hydrogen) atoms. The Morgan fingerprint density at radius 1 is 1.19 bits per heavy atom. The van der Waals surface area contributed by atoms with Crippen LogP contribution in [0.3, 0.4) is 0 Å². The fraction of sp³-hybridized carbons (Fsp3) is 0.0769. The molecule has 0 radical (unpaired) electrons. The van der Waals surface area contributed by atoms with Gasteiger partial charge in [0.25, 0.3) is 5.91 Å². The molecule has 0 fully saturated rings. The highest BCUT2D eigenvalue weighted by Gasteiger charge is 2.31. The molecule has 2 rings (SSSR count). The first-order valence-electron chi connectivity index (χ1n) is 5.62. The number of halogens is 4. The van der Waals surface area contributed by atoms with Crippen LogP contribution in [0.5, 0.6) is 0 Å². The minimum Gasteiger partial charge on any atom is -0.383 e. The van der Waals surface area contributed by atoms with Crippen LogP contribution in [0.15, 0.2) is 30.5 Å². The highest BCUT2D eigenvalue weighted by atomic mass is 19.4. The predicted molar refractivity (Wildman–Crippen MR) is 67.6 cm³/mol. The second kappa shape index (κ2) is 5.04. The van der Waals surface area contributed by atoms with Crippen LogP contribution in [0.25, 0.3) is 11.1 Å². The number of rotatable bonds is 2. The van der Waals surface area contributed by atoms with E-state index in [0.717, 1.165) is 18.3 Å². The number of nitrogens with two attached hydrogens (primary N) is 2. The molecule has 1 aromatic carbocycles. The lowest BCUT2D eigenvalue weighted by Gasteiger charge is -2.10. The molecule has 1 amide bonds. The lowest BCUT2D eigenvalue weighted by molar-refractivity contribution is -0.137. The number of anilines is 1. The molecule has 0 aliphatic heterocycles. The summed E-state index contributed by atoms with van der Waals surface area (Å²) < 4.78 is 51.2. The average molecular weight is 299 g/mol. The van der Waals surface area contributed by atoms with E-state index in [9.17, 15) is 22.4 Å². The Hall–Kier alpha value is -2.64. The largest absolute Gasteiger partial charge is 0.416 e. The van der Waals surface area contributed by atoms with E-state index in [1.165, 1.54) is 6.07 Å². The van der Waals surface area contributed by atoms with Crippen molar-refractivity contribution in [1.29, 1.82) is 0 Å². The first-order valence-corrected chi connectivity index (χ1v) is 5.62. The van der Waals surface area contributed by atoms with E-state index in [-0.39, 0.29) is 22.5 Å². The maximum Gasteiger partial charge on any atom is 0.416 e. The molecule has 1 aromatic heterocycles. The Morgan fingerprint density at radius 2 is 1.86 bits per heavy atom. The van der Waals surface area contributed by atoms with Gasteiger partial charge in [0.05, 0.1) is 11.1 Å². The van der Waals surface area contributed by atoms with Gasteiger partial charge in [-0.15, -0.1) is 0 Å². The Morgan fingerprint density at radius 3 is 2.38 bits per heavy atom. The van der Waals surface area contributed by atoms with Crippen LogP contribution in [-0.2, 0) is 6.18 Å². The Kier molecular flexibility index (Phi) is 3.54. The quantitative estimate of drug-likeness (QED) is 0.836. The van der Waals surface area contributed by atoms with Crippen molar-refractivity contribution in [2.75, 3.05) is 5.73 Å². The molecule has 0 aliphatic rings. The number of hydrogen-bond donors (Lipinski definition) is 2. The van der Waals surface area contributed by atoms with E-state index in [0.29, 0.717) is 6.07 Å². The number of nitrogens with zero attached hydrogens (tertiary/aromatic N) is 1. The minimum absolute atomic E-state index is 0.101. The van der Waals surface area contributed by atoms with Gasteiger partial charge in [-0.1, -0.05) is 6.07 Å². The zero-order valence-electron chi connectivity index (χ0n) is 10.4. The van der Waals surface area contributed by atoms with Crippen LogP contribution in [-0.4, -0.2) is 10.9 Å². The van der Waals surface area contributed by atoms with Gasteiger partial charge in [0.15, 0.2) is 0 Å². The molecule has 0 unspecified atom stereocenters. The first-order chi connectivity index (χ1) is 9.70. The number of benzene rings is 1. The van der Waals surface area contributed by atoms with Gasteiger partial charge in [0.1, 0.15) is 11.6 Å². The molecule has 2 aromatic rings. The van der Waals surface area contributed by atoms with Gasteiger partial charge in [-0.2, -0.15) is 13.2 Å². The zero-order valence-corrected chi connectivity index (χ0v) is 10.4. The summed E-state index contributed by atoms with van der Waals surface area (Å²) in [6, 6.07) is 3.24. The Bertz CT molecular complexity index is 713. The molecule has 4 nitrogen and oxygen atoms in total. The molecule has 4 N–H and O–H groups in total. The number of primary amides is 1. The molecule has 1 heterocycles. The topological polar surface area (TPSA) is 82.0 Å². The molecule has 110 valence electrons. The third-order valence-electron chi connectivity index (χ3n) is 2.79. The third-order valence-corrected chi connectivity index (χ3v) is 2.79. The number of nitrogen functional groups attached to an aromatic ring is 1. The van der Waals surface area contributed by atoms with Gasteiger partial charge >= 0.3 is 6.18 Å². The summed E-state index contributed by atoms with van der Waals surface area (Å²) in [5, 5.41) is 0. The number of carbonyl (C=O) groups is 1. The smallest absolute Gasteiger partial charge is 0.383 e. The monoisotopic (exact) mass is 299 g/mol. The second-order valence-corrected chi connectivity index (χ2v) is 4.21. The van der Waals surface area contributed by atoms with Crippen LogP contribution < -0.4 is 11.5 Å². The summed E-state index contributed by atoms with van der Waals surface area (Å²) in [5.41, 5.74) is 9.23. The van der Waals surface area contributed by atoms with E-state index < -0.39 is 23.5 Å².